The minimum atomic E-state index is -0.571. The number of nitrogens with zero attached hydrogens (tertiary/aromatic N) is 4. The fourth-order valence-electron chi connectivity index (χ4n) is 4.33. The van der Waals surface area contributed by atoms with Gasteiger partial charge in [-0.05, 0) is 49.6 Å². The molecule has 0 saturated carbocycles. The Morgan fingerprint density at radius 1 is 1.09 bits per heavy atom. The SMILES string of the molecule is COC(=O)C[C@@H]1N=C(c2ccc(-c3cc(O)cc(F)c3)cc2)c2c(sc(C)c2C)-n2c(C)nnc21. The maximum absolute atomic E-state index is 13.8. The molecule has 1 atom stereocenters. The minimum absolute atomic E-state index is 0.0335. The van der Waals surface area contributed by atoms with Crippen LogP contribution in [0.4, 0.5) is 4.39 Å². The molecule has 0 radical (unpaired) electrons. The van der Waals surface area contributed by atoms with Crippen molar-refractivity contribution in [2.24, 2.45) is 4.99 Å². The lowest BCUT2D eigenvalue weighted by atomic mass is 9.97. The molecule has 0 fully saturated rings. The predicted octanol–water partition coefficient (Wildman–Crippen LogP) is 5.22. The molecular weight excluding hydrogens is 467 g/mol. The Morgan fingerprint density at radius 2 is 1.80 bits per heavy atom. The van der Waals surface area contributed by atoms with Gasteiger partial charge in [0, 0.05) is 22.1 Å². The fraction of sp³-hybridized carbons (Fsp3) is 0.231. The molecule has 1 aliphatic rings. The van der Waals surface area contributed by atoms with E-state index in [-0.39, 0.29) is 18.1 Å². The van der Waals surface area contributed by atoms with E-state index in [1.54, 1.807) is 11.3 Å². The van der Waals surface area contributed by atoms with Gasteiger partial charge in [0.2, 0.25) is 0 Å². The number of esters is 1. The van der Waals surface area contributed by atoms with Crippen molar-refractivity contribution in [3.63, 3.8) is 0 Å². The smallest absolute Gasteiger partial charge is 0.308 e. The predicted molar refractivity (Wildman–Crippen MR) is 132 cm³/mol. The Kier molecular flexibility index (Phi) is 5.72. The van der Waals surface area contributed by atoms with Crippen molar-refractivity contribution >= 4 is 23.0 Å². The van der Waals surface area contributed by atoms with Gasteiger partial charge >= 0.3 is 5.97 Å². The molecule has 7 nitrogen and oxygen atoms in total. The summed E-state index contributed by atoms with van der Waals surface area (Å²) in [5, 5.41) is 19.4. The van der Waals surface area contributed by atoms with Crippen LogP contribution in [0.5, 0.6) is 5.75 Å². The molecule has 9 heteroatoms. The van der Waals surface area contributed by atoms with Crippen molar-refractivity contribution in [3.8, 4) is 21.9 Å². The topological polar surface area (TPSA) is 89.6 Å². The lowest BCUT2D eigenvalue weighted by Crippen LogP contribution is -2.12. The minimum Gasteiger partial charge on any atom is -0.508 e. The Balaban J connectivity index is 1.67. The zero-order valence-corrected chi connectivity index (χ0v) is 20.5. The molecule has 3 heterocycles. The third-order valence-corrected chi connectivity index (χ3v) is 7.39. The summed E-state index contributed by atoms with van der Waals surface area (Å²) in [5.74, 6) is 0.294. The standard InChI is InChI=1S/C26H23FN4O3S/c1-13-14(2)35-26-23(13)24(28-21(12-22(33)34-4)25-30-29-15(3)31(25)26)17-7-5-16(6-8-17)18-9-19(27)11-20(32)10-18/h5-11,21,32H,12H2,1-4H3/t21-/m0/s1. The number of fused-ring (bicyclic) bond motifs is 3. The summed E-state index contributed by atoms with van der Waals surface area (Å²) in [6, 6.07) is 11.0. The van der Waals surface area contributed by atoms with E-state index in [4.69, 9.17) is 9.73 Å². The van der Waals surface area contributed by atoms with Crippen molar-refractivity contribution in [2.45, 2.75) is 33.2 Å². The zero-order valence-electron chi connectivity index (χ0n) is 19.7. The van der Waals surface area contributed by atoms with Crippen LogP contribution in [0.3, 0.4) is 0 Å². The van der Waals surface area contributed by atoms with Crippen molar-refractivity contribution in [1.82, 2.24) is 14.8 Å². The number of halogens is 1. The van der Waals surface area contributed by atoms with Crippen LogP contribution in [0.25, 0.3) is 16.1 Å². The number of phenolic OH excluding ortho intramolecular Hbond substituents is 1. The number of aromatic nitrogens is 3. The highest BCUT2D eigenvalue weighted by Crippen LogP contribution is 2.39. The first-order valence-corrected chi connectivity index (χ1v) is 11.9. The third-order valence-electron chi connectivity index (χ3n) is 6.20. The van der Waals surface area contributed by atoms with Crippen molar-refractivity contribution in [1.29, 1.82) is 0 Å². The van der Waals surface area contributed by atoms with Crippen LogP contribution >= 0.6 is 11.3 Å². The number of hydrogen-bond acceptors (Lipinski definition) is 7. The number of benzene rings is 2. The maximum atomic E-state index is 13.8. The molecule has 178 valence electrons. The molecule has 2 aromatic heterocycles. The molecule has 0 aliphatic carbocycles. The Morgan fingerprint density at radius 3 is 2.49 bits per heavy atom. The highest BCUT2D eigenvalue weighted by atomic mass is 32.1. The fourth-order valence-corrected chi connectivity index (χ4v) is 5.54. The normalized spacial score (nSPS) is 14.7. The lowest BCUT2D eigenvalue weighted by Gasteiger charge is -2.12. The van der Waals surface area contributed by atoms with Crippen LogP contribution in [0.2, 0.25) is 0 Å². The first-order valence-electron chi connectivity index (χ1n) is 11.0. The quantitative estimate of drug-likeness (QED) is 0.396. The number of carbonyl (C=O) groups excluding carboxylic acids is 1. The van der Waals surface area contributed by atoms with Crippen LogP contribution in [-0.4, -0.2) is 38.7 Å². The van der Waals surface area contributed by atoms with Crippen LogP contribution in [0.15, 0.2) is 47.5 Å². The molecule has 5 rings (SSSR count). The second-order valence-electron chi connectivity index (χ2n) is 8.45. The molecule has 1 N–H and O–H groups in total. The number of aromatic hydroxyl groups is 1. The number of thiophene rings is 1. The average molecular weight is 491 g/mol. The molecule has 0 bridgehead atoms. The van der Waals surface area contributed by atoms with Crippen LogP contribution in [0.1, 0.15) is 45.7 Å². The first kappa shape index (κ1) is 22.9. The van der Waals surface area contributed by atoms with E-state index in [9.17, 15) is 14.3 Å². The van der Waals surface area contributed by atoms with E-state index in [0.29, 0.717) is 11.4 Å². The Hall–Kier alpha value is -3.85. The third kappa shape index (κ3) is 4.01. The van der Waals surface area contributed by atoms with Gasteiger partial charge in [-0.15, -0.1) is 21.5 Å². The van der Waals surface area contributed by atoms with Gasteiger partial charge in [0.1, 0.15) is 28.4 Å². The molecule has 0 amide bonds. The van der Waals surface area contributed by atoms with Gasteiger partial charge < -0.3 is 9.84 Å². The lowest BCUT2D eigenvalue weighted by molar-refractivity contribution is -0.141. The monoisotopic (exact) mass is 490 g/mol. The van der Waals surface area contributed by atoms with Gasteiger partial charge in [-0.2, -0.15) is 0 Å². The number of methoxy groups -OCH3 is 1. The second kappa shape index (κ2) is 8.74. The van der Waals surface area contributed by atoms with Crippen LogP contribution in [-0.2, 0) is 9.53 Å². The van der Waals surface area contributed by atoms with Crippen LogP contribution in [0, 0.1) is 26.6 Å². The van der Waals surface area contributed by atoms with Gasteiger partial charge in [-0.3, -0.25) is 14.4 Å². The van der Waals surface area contributed by atoms with Gasteiger partial charge in [0.05, 0.1) is 19.2 Å². The number of rotatable bonds is 4. The summed E-state index contributed by atoms with van der Waals surface area (Å²) in [6.07, 6.45) is 0.0335. The zero-order chi connectivity index (χ0) is 24.9. The molecule has 2 aromatic carbocycles. The molecule has 35 heavy (non-hydrogen) atoms. The molecule has 1 aliphatic heterocycles. The maximum Gasteiger partial charge on any atom is 0.308 e. The van der Waals surface area contributed by atoms with Crippen molar-refractivity contribution in [3.05, 3.63) is 81.5 Å². The second-order valence-corrected chi connectivity index (χ2v) is 9.66. The van der Waals surface area contributed by atoms with E-state index >= 15 is 0 Å². The number of carbonyl (C=O) groups is 1. The first-order chi connectivity index (χ1) is 16.8. The van der Waals surface area contributed by atoms with E-state index in [2.05, 4.69) is 24.0 Å². The largest absolute Gasteiger partial charge is 0.508 e. The van der Waals surface area contributed by atoms with E-state index in [0.717, 1.165) is 49.7 Å². The summed E-state index contributed by atoms with van der Waals surface area (Å²) in [4.78, 5) is 18.4. The molecular formula is C26H23FN4O3S. The van der Waals surface area contributed by atoms with Gasteiger partial charge in [-0.1, -0.05) is 24.3 Å². The van der Waals surface area contributed by atoms with E-state index in [1.807, 2.05) is 35.8 Å². The summed E-state index contributed by atoms with van der Waals surface area (Å²) >= 11 is 1.64. The summed E-state index contributed by atoms with van der Waals surface area (Å²) in [5.41, 5.74) is 5.00. The van der Waals surface area contributed by atoms with Crippen LogP contribution < -0.4 is 0 Å². The molecule has 0 spiro atoms. The number of aryl methyl sites for hydroxylation is 2. The molecule has 4 aromatic rings. The number of hydrogen-bond donors (Lipinski definition) is 1. The van der Waals surface area contributed by atoms with E-state index in [1.165, 1.54) is 19.2 Å². The molecule has 0 unspecified atom stereocenters. The van der Waals surface area contributed by atoms with Crippen molar-refractivity contribution < 1.29 is 19.0 Å². The highest BCUT2D eigenvalue weighted by Gasteiger charge is 2.32. The van der Waals surface area contributed by atoms with Crippen molar-refractivity contribution in [2.75, 3.05) is 7.11 Å². The Labute approximate surface area is 205 Å². The summed E-state index contributed by atoms with van der Waals surface area (Å²) < 4.78 is 20.7. The Bertz CT molecular complexity index is 1470. The summed E-state index contributed by atoms with van der Waals surface area (Å²) in [7, 11) is 1.35. The van der Waals surface area contributed by atoms with Gasteiger partial charge in [0.15, 0.2) is 5.82 Å². The average Bonchev–Trinajstić information content (AvgIpc) is 3.30. The summed E-state index contributed by atoms with van der Waals surface area (Å²) in [6.45, 7) is 6.01. The highest BCUT2D eigenvalue weighted by molar-refractivity contribution is 7.15. The van der Waals surface area contributed by atoms with Gasteiger partial charge in [0.25, 0.3) is 0 Å². The molecule has 0 saturated heterocycles. The number of ether oxygens (including phenoxy) is 1. The van der Waals surface area contributed by atoms with E-state index < -0.39 is 11.9 Å². The number of phenols is 1. The van der Waals surface area contributed by atoms with Gasteiger partial charge in [-0.25, -0.2) is 4.39 Å². The number of aliphatic imine (C=N–C) groups is 1.